The van der Waals surface area contributed by atoms with Crippen LogP contribution >= 0.6 is 0 Å². The Balaban J connectivity index is 2.07. The van der Waals surface area contributed by atoms with E-state index in [0.717, 1.165) is 6.42 Å². The number of rotatable bonds is 6. The van der Waals surface area contributed by atoms with E-state index in [-0.39, 0.29) is 31.1 Å². The van der Waals surface area contributed by atoms with Crippen molar-refractivity contribution in [2.75, 3.05) is 19.8 Å². The molecule has 16 heavy (non-hydrogen) atoms. The van der Waals surface area contributed by atoms with Crippen LogP contribution < -0.4 is 0 Å². The lowest BCUT2D eigenvalue weighted by Crippen LogP contribution is -2.23. The quantitative estimate of drug-likeness (QED) is 0.501. The van der Waals surface area contributed by atoms with Gasteiger partial charge in [0.15, 0.2) is 6.10 Å². The summed E-state index contributed by atoms with van der Waals surface area (Å²) in [6.45, 7) is 4.58. The van der Waals surface area contributed by atoms with Crippen LogP contribution in [0.4, 0.5) is 0 Å². The lowest BCUT2D eigenvalue weighted by atomic mass is 10.1. The van der Waals surface area contributed by atoms with Gasteiger partial charge in [0.2, 0.25) is 0 Å². The normalized spacial score (nSPS) is 21.6. The second-order valence-corrected chi connectivity index (χ2v) is 3.79. The summed E-state index contributed by atoms with van der Waals surface area (Å²) in [7, 11) is 0. The SMILES string of the molecule is CCC(C)C(=O)OCCOC1CCOC1=O. The number of carbonyl (C=O) groups excluding carboxylic acids is 2. The molecule has 1 fully saturated rings. The van der Waals surface area contributed by atoms with E-state index in [1.807, 2.05) is 13.8 Å². The van der Waals surface area contributed by atoms with Crippen molar-refractivity contribution < 1.29 is 23.8 Å². The van der Waals surface area contributed by atoms with Gasteiger partial charge in [0, 0.05) is 6.42 Å². The van der Waals surface area contributed by atoms with Gasteiger partial charge in [-0.2, -0.15) is 0 Å². The first-order valence-corrected chi connectivity index (χ1v) is 5.60. The van der Waals surface area contributed by atoms with E-state index in [1.54, 1.807) is 0 Å². The minimum Gasteiger partial charge on any atom is -0.464 e. The van der Waals surface area contributed by atoms with Crippen LogP contribution in [-0.4, -0.2) is 37.9 Å². The Kier molecular flexibility index (Phi) is 5.25. The monoisotopic (exact) mass is 230 g/mol. The second-order valence-electron chi connectivity index (χ2n) is 3.79. The first-order chi connectivity index (χ1) is 7.65. The number of cyclic esters (lactones) is 1. The molecule has 0 spiro atoms. The fourth-order valence-electron chi connectivity index (χ4n) is 1.27. The minimum absolute atomic E-state index is 0.0866. The highest BCUT2D eigenvalue weighted by molar-refractivity contribution is 5.76. The maximum absolute atomic E-state index is 11.3. The van der Waals surface area contributed by atoms with Gasteiger partial charge in [0.05, 0.1) is 19.1 Å². The third kappa shape index (κ3) is 3.81. The Labute approximate surface area is 95.0 Å². The fraction of sp³-hybridized carbons (Fsp3) is 0.818. The van der Waals surface area contributed by atoms with Crippen molar-refractivity contribution >= 4 is 11.9 Å². The average molecular weight is 230 g/mol. The number of carbonyl (C=O) groups is 2. The molecule has 1 saturated heterocycles. The van der Waals surface area contributed by atoms with Crippen LogP contribution in [0, 0.1) is 5.92 Å². The molecule has 1 aliphatic heterocycles. The Hall–Kier alpha value is -1.10. The van der Waals surface area contributed by atoms with Crippen molar-refractivity contribution in [2.24, 2.45) is 5.92 Å². The molecule has 0 aliphatic carbocycles. The molecule has 1 heterocycles. The summed E-state index contributed by atoms with van der Waals surface area (Å²) in [6.07, 6.45) is 0.856. The first kappa shape index (κ1) is 13.0. The van der Waals surface area contributed by atoms with E-state index in [4.69, 9.17) is 14.2 Å². The summed E-state index contributed by atoms with van der Waals surface area (Å²) in [5.74, 6) is -0.634. The lowest BCUT2D eigenvalue weighted by Gasteiger charge is -2.10. The van der Waals surface area contributed by atoms with E-state index in [1.165, 1.54) is 0 Å². The van der Waals surface area contributed by atoms with Crippen molar-refractivity contribution in [3.8, 4) is 0 Å². The molecule has 5 nitrogen and oxygen atoms in total. The topological polar surface area (TPSA) is 61.8 Å². The molecular weight excluding hydrogens is 212 g/mol. The summed E-state index contributed by atoms with van der Waals surface area (Å²) in [5, 5.41) is 0. The zero-order chi connectivity index (χ0) is 12.0. The number of hydrogen-bond donors (Lipinski definition) is 0. The summed E-state index contributed by atoms with van der Waals surface area (Å²) < 4.78 is 14.9. The molecule has 0 aromatic rings. The Bertz CT molecular complexity index is 251. The van der Waals surface area contributed by atoms with Gasteiger partial charge >= 0.3 is 11.9 Å². The molecular formula is C11H18O5. The summed E-state index contributed by atoms with van der Waals surface area (Å²) in [5.41, 5.74) is 0. The Morgan fingerprint density at radius 3 is 2.88 bits per heavy atom. The van der Waals surface area contributed by atoms with E-state index in [0.29, 0.717) is 13.0 Å². The van der Waals surface area contributed by atoms with Crippen molar-refractivity contribution in [2.45, 2.75) is 32.8 Å². The molecule has 0 amide bonds. The van der Waals surface area contributed by atoms with Crippen LogP contribution in [0.5, 0.6) is 0 Å². The summed E-state index contributed by atoms with van der Waals surface area (Å²) >= 11 is 0. The van der Waals surface area contributed by atoms with Crippen molar-refractivity contribution in [1.29, 1.82) is 0 Å². The highest BCUT2D eigenvalue weighted by Crippen LogP contribution is 2.10. The zero-order valence-corrected chi connectivity index (χ0v) is 9.73. The van der Waals surface area contributed by atoms with Crippen LogP contribution in [0.15, 0.2) is 0 Å². The molecule has 0 aromatic carbocycles. The Morgan fingerprint density at radius 2 is 2.31 bits per heavy atom. The summed E-state index contributed by atoms with van der Waals surface area (Å²) in [6, 6.07) is 0. The largest absolute Gasteiger partial charge is 0.464 e. The minimum atomic E-state index is -0.484. The van der Waals surface area contributed by atoms with Gasteiger partial charge in [-0.25, -0.2) is 4.79 Å². The number of ether oxygens (including phenoxy) is 3. The second kappa shape index (κ2) is 6.48. The van der Waals surface area contributed by atoms with Crippen molar-refractivity contribution in [3.63, 3.8) is 0 Å². The smallest absolute Gasteiger partial charge is 0.335 e. The van der Waals surface area contributed by atoms with Crippen LogP contribution in [-0.2, 0) is 23.8 Å². The fourth-order valence-corrected chi connectivity index (χ4v) is 1.27. The highest BCUT2D eigenvalue weighted by Gasteiger charge is 2.27. The third-order valence-electron chi connectivity index (χ3n) is 2.55. The molecule has 0 aromatic heterocycles. The van der Waals surface area contributed by atoms with Gasteiger partial charge in [0.1, 0.15) is 6.61 Å². The molecule has 1 rings (SSSR count). The van der Waals surface area contributed by atoms with Crippen LogP contribution in [0.2, 0.25) is 0 Å². The maximum atomic E-state index is 11.3. The van der Waals surface area contributed by atoms with E-state index in [2.05, 4.69) is 0 Å². The van der Waals surface area contributed by atoms with Gasteiger partial charge in [-0.15, -0.1) is 0 Å². The maximum Gasteiger partial charge on any atom is 0.335 e. The van der Waals surface area contributed by atoms with Crippen molar-refractivity contribution in [3.05, 3.63) is 0 Å². The van der Waals surface area contributed by atoms with Gasteiger partial charge in [0.25, 0.3) is 0 Å². The van der Waals surface area contributed by atoms with E-state index < -0.39 is 6.10 Å². The molecule has 0 N–H and O–H groups in total. The van der Waals surface area contributed by atoms with Crippen LogP contribution in [0.25, 0.3) is 0 Å². The molecule has 2 atom stereocenters. The van der Waals surface area contributed by atoms with Gasteiger partial charge < -0.3 is 14.2 Å². The molecule has 1 aliphatic rings. The predicted molar refractivity (Wildman–Crippen MR) is 55.7 cm³/mol. The summed E-state index contributed by atoms with van der Waals surface area (Å²) in [4.78, 5) is 22.3. The molecule has 2 unspecified atom stereocenters. The average Bonchev–Trinajstić information content (AvgIpc) is 2.69. The van der Waals surface area contributed by atoms with Gasteiger partial charge in [-0.1, -0.05) is 13.8 Å². The van der Waals surface area contributed by atoms with E-state index in [9.17, 15) is 9.59 Å². The molecule has 0 radical (unpaired) electrons. The standard InChI is InChI=1S/C11H18O5/c1-3-8(2)10(12)16-7-6-14-9-4-5-15-11(9)13/h8-9H,3-7H2,1-2H3. The number of hydrogen-bond acceptors (Lipinski definition) is 5. The van der Waals surface area contributed by atoms with Crippen molar-refractivity contribution in [1.82, 2.24) is 0 Å². The van der Waals surface area contributed by atoms with E-state index >= 15 is 0 Å². The predicted octanol–water partition coefficient (Wildman–Crippen LogP) is 0.908. The Morgan fingerprint density at radius 1 is 1.56 bits per heavy atom. The highest BCUT2D eigenvalue weighted by atomic mass is 16.6. The molecule has 5 heteroatoms. The molecule has 0 saturated carbocycles. The number of esters is 2. The molecule has 92 valence electrons. The van der Waals surface area contributed by atoms with Crippen LogP contribution in [0.1, 0.15) is 26.7 Å². The lowest BCUT2D eigenvalue weighted by molar-refractivity contribution is -0.152. The van der Waals surface area contributed by atoms with Crippen LogP contribution in [0.3, 0.4) is 0 Å². The zero-order valence-electron chi connectivity index (χ0n) is 9.73. The van der Waals surface area contributed by atoms with Gasteiger partial charge in [-0.05, 0) is 6.42 Å². The third-order valence-corrected chi connectivity index (χ3v) is 2.55. The first-order valence-electron chi connectivity index (χ1n) is 5.60. The van der Waals surface area contributed by atoms with Gasteiger partial charge in [-0.3, -0.25) is 4.79 Å². The molecule has 0 bridgehead atoms.